The van der Waals surface area contributed by atoms with Crippen LogP contribution in [0.5, 0.6) is 0 Å². The molecule has 1 fully saturated rings. The molecule has 0 aliphatic heterocycles. The summed E-state index contributed by atoms with van der Waals surface area (Å²) in [6, 6.07) is 0. The van der Waals surface area contributed by atoms with Crippen LogP contribution in [0.4, 0.5) is 0 Å². The minimum atomic E-state index is -0.468. The van der Waals surface area contributed by atoms with Crippen LogP contribution in [0.1, 0.15) is 59.8 Å². The van der Waals surface area contributed by atoms with Gasteiger partial charge in [0.15, 0.2) is 0 Å². The second-order valence-corrected chi connectivity index (χ2v) is 6.66. The van der Waals surface area contributed by atoms with Crippen LogP contribution in [-0.4, -0.2) is 23.8 Å². The standard InChI is InChI=1S/C15H31NO/c1-12(2)11-16-10-9-15(4,17)14-7-5-13(3)6-8-14/h12-14,16-17H,5-11H2,1-4H3. The molecular weight excluding hydrogens is 210 g/mol. The third-order valence-corrected chi connectivity index (χ3v) is 4.26. The molecule has 0 spiro atoms. The molecule has 1 unspecified atom stereocenters. The van der Waals surface area contributed by atoms with Gasteiger partial charge in [-0.15, -0.1) is 0 Å². The first kappa shape index (κ1) is 15.0. The minimum absolute atomic E-state index is 0.468. The van der Waals surface area contributed by atoms with Gasteiger partial charge in [0.05, 0.1) is 5.60 Å². The quantitative estimate of drug-likeness (QED) is 0.700. The van der Waals surface area contributed by atoms with E-state index in [1.807, 2.05) is 6.92 Å². The summed E-state index contributed by atoms with van der Waals surface area (Å²) in [5.74, 6) is 2.07. The van der Waals surface area contributed by atoms with E-state index in [9.17, 15) is 5.11 Å². The largest absolute Gasteiger partial charge is 0.390 e. The van der Waals surface area contributed by atoms with Crippen LogP contribution in [0.3, 0.4) is 0 Å². The van der Waals surface area contributed by atoms with Crippen molar-refractivity contribution in [3.8, 4) is 0 Å². The summed E-state index contributed by atoms with van der Waals surface area (Å²) >= 11 is 0. The highest BCUT2D eigenvalue weighted by Gasteiger charge is 2.33. The molecule has 0 bridgehead atoms. The Balaban J connectivity index is 2.25. The number of aliphatic hydroxyl groups is 1. The van der Waals surface area contributed by atoms with Crippen molar-refractivity contribution in [1.82, 2.24) is 5.32 Å². The predicted molar refractivity (Wildman–Crippen MR) is 74.1 cm³/mol. The molecule has 0 heterocycles. The normalized spacial score (nSPS) is 29.3. The van der Waals surface area contributed by atoms with E-state index >= 15 is 0 Å². The van der Waals surface area contributed by atoms with Crippen LogP contribution in [0.25, 0.3) is 0 Å². The van der Waals surface area contributed by atoms with Gasteiger partial charge < -0.3 is 10.4 Å². The molecule has 1 aliphatic carbocycles. The van der Waals surface area contributed by atoms with Gasteiger partial charge in [-0.3, -0.25) is 0 Å². The van der Waals surface area contributed by atoms with Crippen molar-refractivity contribution >= 4 is 0 Å². The molecule has 1 atom stereocenters. The van der Waals surface area contributed by atoms with E-state index < -0.39 is 5.60 Å². The molecule has 1 aliphatic rings. The molecular formula is C15H31NO. The fraction of sp³-hybridized carbons (Fsp3) is 1.00. The summed E-state index contributed by atoms with van der Waals surface area (Å²) < 4.78 is 0. The van der Waals surface area contributed by atoms with E-state index in [0.29, 0.717) is 11.8 Å². The first-order valence-electron chi connectivity index (χ1n) is 7.35. The topological polar surface area (TPSA) is 32.3 Å². The van der Waals surface area contributed by atoms with Gasteiger partial charge in [-0.25, -0.2) is 0 Å². The Bertz CT molecular complexity index is 205. The summed E-state index contributed by atoms with van der Waals surface area (Å²) in [7, 11) is 0. The van der Waals surface area contributed by atoms with Gasteiger partial charge in [-0.05, 0) is 57.0 Å². The lowest BCUT2D eigenvalue weighted by Gasteiger charge is -2.37. The number of hydrogen-bond donors (Lipinski definition) is 2. The molecule has 1 saturated carbocycles. The zero-order valence-corrected chi connectivity index (χ0v) is 12.1. The Labute approximate surface area is 107 Å². The van der Waals surface area contributed by atoms with Crippen molar-refractivity contribution in [1.29, 1.82) is 0 Å². The molecule has 0 aromatic carbocycles. The summed E-state index contributed by atoms with van der Waals surface area (Å²) in [6.45, 7) is 10.8. The van der Waals surface area contributed by atoms with Gasteiger partial charge in [0.1, 0.15) is 0 Å². The lowest BCUT2D eigenvalue weighted by atomic mass is 9.73. The van der Waals surface area contributed by atoms with E-state index in [1.165, 1.54) is 25.7 Å². The highest BCUT2D eigenvalue weighted by Crippen LogP contribution is 2.36. The highest BCUT2D eigenvalue weighted by atomic mass is 16.3. The second-order valence-electron chi connectivity index (χ2n) is 6.66. The average Bonchev–Trinajstić information content (AvgIpc) is 2.25. The van der Waals surface area contributed by atoms with Crippen molar-refractivity contribution in [2.45, 2.75) is 65.4 Å². The van der Waals surface area contributed by atoms with Crippen LogP contribution >= 0.6 is 0 Å². The van der Waals surface area contributed by atoms with Crippen molar-refractivity contribution in [2.24, 2.45) is 17.8 Å². The smallest absolute Gasteiger partial charge is 0.0659 e. The lowest BCUT2D eigenvalue weighted by molar-refractivity contribution is -0.0277. The molecule has 0 aromatic heterocycles. The highest BCUT2D eigenvalue weighted by molar-refractivity contribution is 4.86. The van der Waals surface area contributed by atoms with Gasteiger partial charge in [-0.1, -0.05) is 33.6 Å². The average molecular weight is 241 g/mol. The van der Waals surface area contributed by atoms with Crippen molar-refractivity contribution < 1.29 is 5.11 Å². The van der Waals surface area contributed by atoms with Gasteiger partial charge in [0.25, 0.3) is 0 Å². The molecule has 0 radical (unpaired) electrons. The number of nitrogens with one attached hydrogen (secondary N) is 1. The SMILES string of the molecule is CC(C)CNCCC(C)(O)C1CCC(C)CC1. The number of hydrogen-bond acceptors (Lipinski definition) is 2. The molecule has 17 heavy (non-hydrogen) atoms. The van der Waals surface area contributed by atoms with Crippen molar-refractivity contribution in [3.05, 3.63) is 0 Å². The van der Waals surface area contributed by atoms with Crippen LogP contribution in [0, 0.1) is 17.8 Å². The summed E-state index contributed by atoms with van der Waals surface area (Å²) in [5.41, 5.74) is -0.468. The van der Waals surface area contributed by atoms with E-state index in [1.54, 1.807) is 0 Å². The molecule has 2 nitrogen and oxygen atoms in total. The molecule has 2 heteroatoms. The molecule has 1 rings (SSSR count). The molecule has 0 aromatic rings. The Kier molecular flexibility index (Phi) is 5.94. The Hall–Kier alpha value is -0.0800. The van der Waals surface area contributed by atoms with E-state index in [0.717, 1.165) is 25.4 Å². The monoisotopic (exact) mass is 241 g/mol. The van der Waals surface area contributed by atoms with Crippen molar-refractivity contribution in [3.63, 3.8) is 0 Å². The van der Waals surface area contributed by atoms with Crippen LogP contribution < -0.4 is 5.32 Å². The Morgan fingerprint density at radius 3 is 2.35 bits per heavy atom. The Morgan fingerprint density at radius 2 is 1.82 bits per heavy atom. The van der Waals surface area contributed by atoms with Gasteiger partial charge in [0, 0.05) is 0 Å². The third kappa shape index (κ3) is 5.39. The van der Waals surface area contributed by atoms with Gasteiger partial charge in [0.2, 0.25) is 0 Å². The first-order valence-corrected chi connectivity index (χ1v) is 7.35. The number of rotatable bonds is 6. The van der Waals surface area contributed by atoms with Crippen molar-refractivity contribution in [2.75, 3.05) is 13.1 Å². The summed E-state index contributed by atoms with van der Waals surface area (Å²) in [6.07, 6.45) is 5.88. The molecule has 0 saturated heterocycles. The first-order chi connectivity index (χ1) is 7.92. The van der Waals surface area contributed by atoms with E-state index in [4.69, 9.17) is 0 Å². The maximum Gasteiger partial charge on any atom is 0.0659 e. The summed E-state index contributed by atoms with van der Waals surface area (Å²) in [5, 5.41) is 14.0. The maximum absolute atomic E-state index is 10.6. The minimum Gasteiger partial charge on any atom is -0.390 e. The fourth-order valence-corrected chi connectivity index (χ4v) is 2.82. The molecule has 0 amide bonds. The van der Waals surface area contributed by atoms with Crippen LogP contribution in [0.2, 0.25) is 0 Å². The van der Waals surface area contributed by atoms with E-state index in [-0.39, 0.29) is 0 Å². The van der Waals surface area contributed by atoms with Gasteiger partial charge >= 0.3 is 0 Å². The predicted octanol–water partition coefficient (Wildman–Crippen LogP) is 3.20. The van der Waals surface area contributed by atoms with Crippen LogP contribution in [0.15, 0.2) is 0 Å². The molecule has 2 N–H and O–H groups in total. The lowest BCUT2D eigenvalue weighted by Crippen LogP contribution is -2.40. The zero-order chi connectivity index (χ0) is 12.9. The maximum atomic E-state index is 10.6. The van der Waals surface area contributed by atoms with Crippen LogP contribution in [-0.2, 0) is 0 Å². The Morgan fingerprint density at radius 1 is 1.24 bits per heavy atom. The van der Waals surface area contributed by atoms with E-state index in [2.05, 4.69) is 26.1 Å². The fourth-order valence-electron chi connectivity index (χ4n) is 2.82. The van der Waals surface area contributed by atoms with Gasteiger partial charge in [-0.2, -0.15) is 0 Å². The summed E-state index contributed by atoms with van der Waals surface area (Å²) in [4.78, 5) is 0. The zero-order valence-electron chi connectivity index (χ0n) is 12.1. The second kappa shape index (κ2) is 6.75. The molecule has 102 valence electrons. The third-order valence-electron chi connectivity index (χ3n) is 4.26.